The molecule has 1 amide bonds. The first kappa shape index (κ1) is 14.8. The molecule has 0 bridgehead atoms. The number of amides is 1. The molecule has 0 radical (unpaired) electrons. The smallest absolute Gasteiger partial charge is 0.248 e. The number of rotatable bonds is 4. The Hall–Kier alpha value is -1.59. The van der Waals surface area contributed by atoms with Gasteiger partial charge in [0.15, 0.2) is 5.13 Å². The van der Waals surface area contributed by atoms with Crippen molar-refractivity contribution in [2.24, 2.45) is 0 Å². The van der Waals surface area contributed by atoms with Crippen molar-refractivity contribution >= 4 is 39.7 Å². The molecule has 1 aromatic carbocycles. The lowest BCUT2D eigenvalue weighted by Gasteiger charge is -2.16. The van der Waals surface area contributed by atoms with Crippen molar-refractivity contribution in [2.75, 3.05) is 10.6 Å². The standard InChI is InChI=1S/C14H16ClN3OS/c1-8-6-11(15)4-5-12(8)17-10(3)13(19)18-14-16-9(2)7-20-14/h4-7,10,17H,1-3H3,(H,16,18,19)/t10-/m0/s1. The number of anilines is 2. The van der Waals surface area contributed by atoms with E-state index in [-0.39, 0.29) is 11.9 Å². The number of nitrogens with zero attached hydrogens (tertiary/aromatic N) is 1. The van der Waals surface area contributed by atoms with Crippen LogP contribution in [0.4, 0.5) is 10.8 Å². The van der Waals surface area contributed by atoms with Crippen molar-refractivity contribution < 1.29 is 4.79 Å². The van der Waals surface area contributed by atoms with Gasteiger partial charge in [0.1, 0.15) is 6.04 Å². The number of carbonyl (C=O) groups excluding carboxylic acids is 1. The zero-order chi connectivity index (χ0) is 14.7. The predicted molar refractivity (Wildman–Crippen MR) is 84.8 cm³/mol. The number of carbonyl (C=O) groups is 1. The molecular formula is C14H16ClN3OS. The summed E-state index contributed by atoms with van der Waals surface area (Å²) in [4.78, 5) is 16.3. The SMILES string of the molecule is Cc1csc(NC(=O)[C@H](C)Nc2ccc(Cl)cc2C)n1. The third-order valence-corrected chi connectivity index (χ3v) is 3.91. The van der Waals surface area contributed by atoms with Crippen LogP contribution < -0.4 is 10.6 Å². The summed E-state index contributed by atoms with van der Waals surface area (Å²) >= 11 is 7.33. The number of hydrogen-bond donors (Lipinski definition) is 2. The van der Waals surface area contributed by atoms with Crippen LogP contribution in [0.2, 0.25) is 5.02 Å². The van der Waals surface area contributed by atoms with Gasteiger partial charge in [0.2, 0.25) is 5.91 Å². The highest BCUT2D eigenvalue weighted by atomic mass is 35.5. The van der Waals surface area contributed by atoms with E-state index in [9.17, 15) is 4.79 Å². The van der Waals surface area contributed by atoms with Crippen molar-refractivity contribution in [2.45, 2.75) is 26.8 Å². The van der Waals surface area contributed by atoms with Crippen LogP contribution in [-0.2, 0) is 4.79 Å². The molecule has 0 aliphatic rings. The minimum atomic E-state index is -0.362. The van der Waals surface area contributed by atoms with Crippen molar-refractivity contribution in [1.29, 1.82) is 0 Å². The largest absolute Gasteiger partial charge is 0.374 e. The predicted octanol–water partition coefficient (Wildman–Crippen LogP) is 3.85. The molecule has 1 heterocycles. The molecule has 4 nitrogen and oxygen atoms in total. The Labute approximate surface area is 127 Å². The molecule has 0 aliphatic carbocycles. The van der Waals surface area contributed by atoms with Crippen LogP contribution in [0.1, 0.15) is 18.2 Å². The highest BCUT2D eigenvalue weighted by molar-refractivity contribution is 7.13. The van der Waals surface area contributed by atoms with E-state index in [1.807, 2.05) is 38.3 Å². The number of hydrogen-bond acceptors (Lipinski definition) is 4. The summed E-state index contributed by atoms with van der Waals surface area (Å²) in [6, 6.07) is 5.17. The quantitative estimate of drug-likeness (QED) is 0.902. The van der Waals surface area contributed by atoms with E-state index in [4.69, 9.17) is 11.6 Å². The van der Waals surface area contributed by atoms with Crippen LogP contribution >= 0.6 is 22.9 Å². The number of aromatic nitrogens is 1. The fraction of sp³-hybridized carbons (Fsp3) is 0.286. The Balaban J connectivity index is 2.00. The summed E-state index contributed by atoms with van der Waals surface area (Å²) in [6.45, 7) is 5.65. The average Bonchev–Trinajstić information content (AvgIpc) is 2.78. The van der Waals surface area contributed by atoms with Gasteiger partial charge in [-0.1, -0.05) is 11.6 Å². The Morgan fingerprint density at radius 2 is 2.15 bits per heavy atom. The zero-order valence-electron chi connectivity index (χ0n) is 11.5. The molecule has 0 spiro atoms. The number of benzene rings is 1. The lowest BCUT2D eigenvalue weighted by molar-refractivity contribution is -0.116. The molecular weight excluding hydrogens is 294 g/mol. The first-order chi connectivity index (χ1) is 9.45. The van der Waals surface area contributed by atoms with Crippen molar-refractivity contribution in [3.63, 3.8) is 0 Å². The van der Waals surface area contributed by atoms with Gasteiger partial charge in [-0.15, -0.1) is 11.3 Å². The maximum Gasteiger partial charge on any atom is 0.248 e. The van der Waals surface area contributed by atoms with E-state index in [1.54, 1.807) is 6.07 Å². The van der Waals surface area contributed by atoms with Crippen LogP contribution in [0, 0.1) is 13.8 Å². The second-order valence-electron chi connectivity index (χ2n) is 4.61. The van der Waals surface area contributed by atoms with E-state index >= 15 is 0 Å². The molecule has 1 aromatic heterocycles. The topological polar surface area (TPSA) is 54.0 Å². The molecule has 6 heteroatoms. The number of halogens is 1. The fourth-order valence-electron chi connectivity index (χ4n) is 1.71. The molecule has 20 heavy (non-hydrogen) atoms. The van der Waals surface area contributed by atoms with E-state index < -0.39 is 0 Å². The number of aryl methyl sites for hydroxylation is 2. The molecule has 0 saturated carbocycles. The van der Waals surface area contributed by atoms with Crippen LogP contribution in [0.5, 0.6) is 0 Å². The Morgan fingerprint density at radius 1 is 1.40 bits per heavy atom. The zero-order valence-corrected chi connectivity index (χ0v) is 13.1. The lowest BCUT2D eigenvalue weighted by Crippen LogP contribution is -2.32. The van der Waals surface area contributed by atoms with Gasteiger partial charge in [-0.05, 0) is 44.5 Å². The molecule has 106 valence electrons. The highest BCUT2D eigenvalue weighted by Gasteiger charge is 2.15. The highest BCUT2D eigenvalue weighted by Crippen LogP contribution is 2.21. The number of nitrogens with one attached hydrogen (secondary N) is 2. The summed E-state index contributed by atoms with van der Waals surface area (Å²) in [5, 5.41) is 9.17. The first-order valence-electron chi connectivity index (χ1n) is 6.21. The van der Waals surface area contributed by atoms with Gasteiger partial charge in [0.25, 0.3) is 0 Å². The van der Waals surface area contributed by atoms with Crippen molar-refractivity contribution in [1.82, 2.24) is 4.98 Å². The average molecular weight is 310 g/mol. The van der Waals surface area contributed by atoms with Gasteiger partial charge < -0.3 is 10.6 Å². The van der Waals surface area contributed by atoms with Gasteiger partial charge in [0, 0.05) is 16.1 Å². The first-order valence-corrected chi connectivity index (χ1v) is 7.47. The minimum absolute atomic E-state index is 0.117. The Bertz CT molecular complexity index is 627. The van der Waals surface area contributed by atoms with Crippen LogP contribution in [0.3, 0.4) is 0 Å². The molecule has 1 atom stereocenters. The second kappa shape index (κ2) is 6.24. The number of thiazole rings is 1. The molecule has 2 N–H and O–H groups in total. The van der Waals surface area contributed by atoms with Gasteiger partial charge >= 0.3 is 0 Å². The van der Waals surface area contributed by atoms with Crippen molar-refractivity contribution in [3.05, 3.63) is 39.9 Å². The summed E-state index contributed by atoms with van der Waals surface area (Å²) in [6.07, 6.45) is 0. The van der Waals surface area contributed by atoms with E-state index in [1.165, 1.54) is 11.3 Å². The molecule has 0 fully saturated rings. The third kappa shape index (κ3) is 3.71. The summed E-state index contributed by atoms with van der Waals surface area (Å²) < 4.78 is 0. The maximum absolute atomic E-state index is 12.1. The van der Waals surface area contributed by atoms with Crippen LogP contribution in [0.25, 0.3) is 0 Å². The van der Waals surface area contributed by atoms with Gasteiger partial charge in [-0.3, -0.25) is 4.79 Å². The van der Waals surface area contributed by atoms with Gasteiger partial charge in [-0.2, -0.15) is 0 Å². The molecule has 0 aliphatic heterocycles. The second-order valence-corrected chi connectivity index (χ2v) is 5.90. The third-order valence-electron chi connectivity index (χ3n) is 2.80. The summed E-state index contributed by atoms with van der Waals surface area (Å²) in [5.41, 5.74) is 2.80. The van der Waals surface area contributed by atoms with Crippen LogP contribution in [0.15, 0.2) is 23.6 Å². The molecule has 0 unspecified atom stereocenters. The normalized spacial score (nSPS) is 12.0. The minimum Gasteiger partial charge on any atom is -0.374 e. The fourth-order valence-corrected chi connectivity index (χ4v) is 2.63. The Kier molecular flexibility index (Phi) is 4.62. The van der Waals surface area contributed by atoms with E-state index in [0.29, 0.717) is 10.2 Å². The van der Waals surface area contributed by atoms with E-state index in [2.05, 4.69) is 15.6 Å². The lowest BCUT2D eigenvalue weighted by atomic mass is 10.2. The summed E-state index contributed by atoms with van der Waals surface area (Å²) in [5.74, 6) is -0.117. The summed E-state index contributed by atoms with van der Waals surface area (Å²) in [7, 11) is 0. The Morgan fingerprint density at radius 3 is 2.75 bits per heavy atom. The van der Waals surface area contributed by atoms with Crippen molar-refractivity contribution in [3.8, 4) is 0 Å². The monoisotopic (exact) mass is 309 g/mol. The van der Waals surface area contributed by atoms with Crippen LogP contribution in [-0.4, -0.2) is 16.9 Å². The molecule has 0 saturated heterocycles. The molecule has 2 aromatic rings. The van der Waals surface area contributed by atoms with E-state index in [0.717, 1.165) is 16.9 Å². The van der Waals surface area contributed by atoms with Gasteiger partial charge in [-0.25, -0.2) is 4.98 Å². The van der Waals surface area contributed by atoms with Gasteiger partial charge in [0.05, 0.1) is 5.69 Å². The maximum atomic E-state index is 12.1. The molecule has 2 rings (SSSR count).